The van der Waals surface area contributed by atoms with Gasteiger partial charge in [0.05, 0.1) is 7.11 Å². The van der Waals surface area contributed by atoms with Gasteiger partial charge in [-0.25, -0.2) is 0 Å². The van der Waals surface area contributed by atoms with Crippen LogP contribution in [0.2, 0.25) is 0 Å². The number of carbonyl (C=O) groups is 2. The van der Waals surface area contributed by atoms with E-state index >= 15 is 0 Å². The molecule has 0 spiro atoms. The SMILES string of the molecule is COc1ccc2c(c1)CCC(NC(=O)[C@@H]1C[C@@H]3C[C@@H]3N1C(=O)CCC=C(C)C)C2. The van der Waals surface area contributed by atoms with Gasteiger partial charge >= 0.3 is 0 Å². The lowest BCUT2D eigenvalue weighted by Crippen LogP contribution is -2.51. The fourth-order valence-corrected chi connectivity index (χ4v) is 4.94. The molecule has 29 heavy (non-hydrogen) atoms. The number of ether oxygens (including phenoxy) is 1. The first-order chi connectivity index (χ1) is 14.0. The van der Waals surface area contributed by atoms with Crippen LogP contribution in [0.25, 0.3) is 0 Å². The Balaban J connectivity index is 1.36. The Hall–Kier alpha value is -2.30. The second kappa shape index (κ2) is 8.21. The third kappa shape index (κ3) is 4.34. The van der Waals surface area contributed by atoms with Gasteiger partial charge in [0, 0.05) is 18.5 Å². The number of likely N-dealkylation sites (tertiary alicyclic amines) is 1. The van der Waals surface area contributed by atoms with Crippen LogP contribution in [0.3, 0.4) is 0 Å². The number of benzene rings is 1. The number of fused-ring (bicyclic) bond motifs is 2. The third-order valence-corrected chi connectivity index (χ3v) is 6.59. The second-order valence-electron chi connectivity index (χ2n) is 9.02. The van der Waals surface area contributed by atoms with E-state index in [0.717, 1.165) is 44.3 Å². The summed E-state index contributed by atoms with van der Waals surface area (Å²) < 4.78 is 5.32. The molecule has 5 nitrogen and oxygen atoms in total. The number of amides is 2. The van der Waals surface area contributed by atoms with E-state index in [2.05, 4.69) is 23.5 Å². The summed E-state index contributed by atoms with van der Waals surface area (Å²) >= 11 is 0. The van der Waals surface area contributed by atoms with Crippen molar-refractivity contribution in [2.24, 2.45) is 5.92 Å². The average molecular weight is 397 g/mol. The molecule has 2 fully saturated rings. The summed E-state index contributed by atoms with van der Waals surface area (Å²) in [7, 11) is 1.69. The van der Waals surface area contributed by atoms with E-state index in [0.29, 0.717) is 18.4 Å². The molecule has 2 amide bonds. The molecule has 5 heteroatoms. The van der Waals surface area contributed by atoms with E-state index in [9.17, 15) is 9.59 Å². The fraction of sp³-hybridized carbons (Fsp3) is 0.583. The number of methoxy groups -OCH3 is 1. The van der Waals surface area contributed by atoms with Gasteiger partial charge in [-0.1, -0.05) is 17.7 Å². The standard InChI is InChI=1S/C24H32N2O3/c1-15(2)5-4-6-23(27)26-21-13-18(21)14-22(26)24(28)25-19-9-7-17-12-20(29-3)10-8-16(17)11-19/h5,8,10,12,18-19,21-22H,4,6-7,9,11,13-14H2,1-3H3,(H,25,28)/t18-,19?,21-,22-/m0/s1. The number of allylic oxidation sites excluding steroid dienone is 2. The van der Waals surface area contributed by atoms with Crippen molar-refractivity contribution in [3.63, 3.8) is 0 Å². The average Bonchev–Trinajstić information content (AvgIpc) is 3.36. The van der Waals surface area contributed by atoms with Gasteiger partial charge in [0.25, 0.3) is 0 Å². The third-order valence-electron chi connectivity index (χ3n) is 6.59. The first kappa shape index (κ1) is 20.0. The molecule has 1 aromatic carbocycles. The van der Waals surface area contributed by atoms with Crippen molar-refractivity contribution in [3.8, 4) is 5.75 Å². The van der Waals surface area contributed by atoms with Gasteiger partial charge in [-0.2, -0.15) is 0 Å². The molecule has 3 aliphatic rings. The summed E-state index contributed by atoms with van der Waals surface area (Å²) in [5, 5.41) is 3.25. The van der Waals surface area contributed by atoms with Crippen molar-refractivity contribution in [1.82, 2.24) is 10.2 Å². The zero-order valence-electron chi connectivity index (χ0n) is 17.7. The number of nitrogens with one attached hydrogen (secondary N) is 1. The zero-order valence-corrected chi connectivity index (χ0v) is 17.7. The minimum Gasteiger partial charge on any atom is -0.497 e. The highest BCUT2D eigenvalue weighted by Gasteiger charge is 2.55. The lowest BCUT2D eigenvalue weighted by molar-refractivity contribution is -0.140. The first-order valence-electron chi connectivity index (χ1n) is 10.9. The monoisotopic (exact) mass is 396 g/mol. The molecule has 1 saturated carbocycles. The number of hydrogen-bond donors (Lipinski definition) is 1. The molecule has 4 atom stereocenters. The number of hydrogen-bond acceptors (Lipinski definition) is 3. The fourth-order valence-electron chi connectivity index (χ4n) is 4.94. The summed E-state index contributed by atoms with van der Waals surface area (Å²) in [6, 6.07) is 6.35. The van der Waals surface area contributed by atoms with Crippen LogP contribution in [-0.4, -0.2) is 41.9 Å². The lowest BCUT2D eigenvalue weighted by atomic mass is 9.88. The van der Waals surface area contributed by atoms with E-state index in [4.69, 9.17) is 4.74 Å². The highest BCUT2D eigenvalue weighted by molar-refractivity contribution is 5.89. The highest BCUT2D eigenvalue weighted by atomic mass is 16.5. The van der Waals surface area contributed by atoms with E-state index in [1.54, 1.807) is 7.11 Å². The number of nitrogens with zero attached hydrogens (tertiary/aromatic N) is 1. The van der Waals surface area contributed by atoms with Gasteiger partial charge in [0.2, 0.25) is 11.8 Å². The Kier molecular flexibility index (Phi) is 5.66. The molecule has 1 aromatic rings. The minimum absolute atomic E-state index is 0.0368. The van der Waals surface area contributed by atoms with E-state index in [-0.39, 0.29) is 23.9 Å². The van der Waals surface area contributed by atoms with Crippen molar-refractivity contribution in [2.75, 3.05) is 7.11 Å². The normalized spacial score (nSPS) is 26.9. The molecule has 0 radical (unpaired) electrons. The summed E-state index contributed by atoms with van der Waals surface area (Å²) in [6.07, 6.45) is 7.96. The van der Waals surface area contributed by atoms with Crippen molar-refractivity contribution in [1.29, 1.82) is 0 Å². The number of carbonyl (C=O) groups excluding carboxylic acids is 2. The molecular weight excluding hydrogens is 364 g/mol. The Bertz CT molecular complexity index is 827. The summed E-state index contributed by atoms with van der Waals surface area (Å²) in [4.78, 5) is 27.8. The molecule has 156 valence electrons. The van der Waals surface area contributed by atoms with Crippen LogP contribution in [0.1, 0.15) is 57.1 Å². The Morgan fingerprint density at radius 2 is 2.07 bits per heavy atom. The summed E-state index contributed by atoms with van der Waals surface area (Å²) in [5.74, 6) is 1.58. The molecule has 0 aromatic heterocycles. The molecular formula is C24H32N2O3. The maximum Gasteiger partial charge on any atom is 0.243 e. The van der Waals surface area contributed by atoms with Crippen LogP contribution in [0.15, 0.2) is 29.8 Å². The zero-order chi connectivity index (χ0) is 20.5. The topological polar surface area (TPSA) is 58.6 Å². The van der Waals surface area contributed by atoms with Gasteiger partial charge in [-0.05, 0) is 81.5 Å². The molecule has 1 N–H and O–H groups in total. The van der Waals surface area contributed by atoms with Gasteiger partial charge < -0.3 is 15.0 Å². The van der Waals surface area contributed by atoms with E-state index in [1.807, 2.05) is 24.8 Å². The van der Waals surface area contributed by atoms with Gasteiger partial charge in [0.15, 0.2) is 0 Å². The second-order valence-corrected chi connectivity index (χ2v) is 9.02. The van der Waals surface area contributed by atoms with Gasteiger partial charge in [-0.3, -0.25) is 9.59 Å². The largest absolute Gasteiger partial charge is 0.497 e. The van der Waals surface area contributed by atoms with Crippen molar-refractivity contribution in [2.45, 2.75) is 76.9 Å². The van der Waals surface area contributed by atoms with Gasteiger partial charge in [-0.15, -0.1) is 0 Å². The van der Waals surface area contributed by atoms with Crippen LogP contribution >= 0.6 is 0 Å². The molecule has 4 rings (SSSR count). The quantitative estimate of drug-likeness (QED) is 0.750. The van der Waals surface area contributed by atoms with Gasteiger partial charge in [0.1, 0.15) is 11.8 Å². The van der Waals surface area contributed by atoms with Crippen LogP contribution in [0, 0.1) is 5.92 Å². The van der Waals surface area contributed by atoms with Crippen molar-refractivity contribution < 1.29 is 14.3 Å². The van der Waals surface area contributed by atoms with Crippen molar-refractivity contribution in [3.05, 3.63) is 41.0 Å². The van der Waals surface area contributed by atoms with Crippen LogP contribution < -0.4 is 10.1 Å². The number of aryl methyl sites for hydroxylation is 1. The molecule has 1 heterocycles. The summed E-state index contributed by atoms with van der Waals surface area (Å²) in [6.45, 7) is 4.10. The predicted octanol–water partition coefficient (Wildman–Crippen LogP) is 3.40. The predicted molar refractivity (Wildman–Crippen MR) is 113 cm³/mol. The Morgan fingerprint density at radius 1 is 1.24 bits per heavy atom. The minimum atomic E-state index is -0.282. The van der Waals surface area contributed by atoms with E-state index in [1.165, 1.54) is 16.7 Å². The molecule has 1 aliphatic heterocycles. The maximum atomic E-state index is 13.1. The summed E-state index contributed by atoms with van der Waals surface area (Å²) in [5.41, 5.74) is 3.83. The van der Waals surface area contributed by atoms with E-state index < -0.39 is 0 Å². The maximum absolute atomic E-state index is 13.1. The number of rotatable bonds is 6. The molecule has 2 aliphatic carbocycles. The molecule has 1 unspecified atom stereocenters. The van der Waals surface area contributed by atoms with Crippen LogP contribution in [0.4, 0.5) is 0 Å². The van der Waals surface area contributed by atoms with Crippen LogP contribution in [0.5, 0.6) is 5.75 Å². The number of piperidine rings is 1. The van der Waals surface area contributed by atoms with Crippen molar-refractivity contribution >= 4 is 11.8 Å². The first-order valence-corrected chi connectivity index (χ1v) is 10.9. The molecule has 0 bridgehead atoms. The van der Waals surface area contributed by atoms with Crippen LogP contribution in [-0.2, 0) is 22.4 Å². The highest BCUT2D eigenvalue weighted by Crippen LogP contribution is 2.48. The smallest absolute Gasteiger partial charge is 0.243 e. The Labute approximate surface area is 173 Å². The Morgan fingerprint density at radius 3 is 2.83 bits per heavy atom. The lowest BCUT2D eigenvalue weighted by Gasteiger charge is -2.31. The molecule has 1 saturated heterocycles.